The lowest BCUT2D eigenvalue weighted by Gasteiger charge is -2.27. The lowest BCUT2D eigenvalue weighted by Crippen LogP contribution is -2.45. The summed E-state index contributed by atoms with van der Waals surface area (Å²) >= 11 is 1.39. The van der Waals surface area contributed by atoms with E-state index in [4.69, 9.17) is 0 Å². The number of carbonyl (C=O) groups excluding carboxylic acids is 2. The number of aromatic nitrogens is 3. The van der Waals surface area contributed by atoms with Gasteiger partial charge in [-0.05, 0) is 55.9 Å². The maximum absolute atomic E-state index is 13.8. The number of thiazole rings is 1. The molecule has 2 fully saturated rings. The fourth-order valence-electron chi connectivity index (χ4n) is 4.56. The number of benzene rings is 1. The van der Waals surface area contributed by atoms with E-state index < -0.39 is 0 Å². The van der Waals surface area contributed by atoms with E-state index in [1.165, 1.54) is 23.5 Å². The van der Waals surface area contributed by atoms with E-state index in [2.05, 4.69) is 15.4 Å². The van der Waals surface area contributed by atoms with Crippen LogP contribution in [0, 0.1) is 31.5 Å². The van der Waals surface area contributed by atoms with Crippen molar-refractivity contribution in [1.82, 2.24) is 25.0 Å². The number of likely N-dealkylation sites (tertiary alicyclic amines) is 1. The second-order valence-corrected chi connectivity index (χ2v) is 9.81. The molecule has 0 unspecified atom stereocenters. The van der Waals surface area contributed by atoms with E-state index >= 15 is 0 Å². The highest BCUT2D eigenvalue weighted by Gasteiger charge is 2.54. The Morgan fingerprint density at radius 1 is 1.28 bits per heavy atom. The Bertz CT molecular complexity index is 1200. The molecule has 3 heterocycles. The van der Waals surface area contributed by atoms with Gasteiger partial charge >= 0.3 is 0 Å². The van der Waals surface area contributed by atoms with Gasteiger partial charge in [0.05, 0.1) is 15.9 Å². The Kier molecular flexibility index (Phi) is 5.08. The summed E-state index contributed by atoms with van der Waals surface area (Å²) in [6.07, 6.45) is 1.07. The molecule has 1 aromatic carbocycles. The summed E-state index contributed by atoms with van der Waals surface area (Å²) < 4.78 is 15.5. The quantitative estimate of drug-likeness (QED) is 0.644. The van der Waals surface area contributed by atoms with Crippen LogP contribution in [-0.4, -0.2) is 50.6 Å². The molecule has 3 aromatic rings. The first kappa shape index (κ1) is 20.8. The molecule has 0 bridgehead atoms. The Hall–Kier alpha value is -3.07. The van der Waals surface area contributed by atoms with Crippen LogP contribution in [-0.2, 0) is 7.05 Å². The molecular formula is C23H24FN5O2S. The molecule has 1 aliphatic heterocycles. The summed E-state index contributed by atoms with van der Waals surface area (Å²) in [4.78, 5) is 33.1. The molecule has 9 heteroatoms. The SMILES string of the molecule is Cc1nc(C(=O)N2C[C@H]3C[C@H]3[C@H]2CNC(=O)c2cc(C)n(C)n2)c(-c2cccc(F)c2)s1. The Morgan fingerprint density at radius 3 is 2.81 bits per heavy atom. The number of hydrogen-bond donors (Lipinski definition) is 1. The van der Waals surface area contributed by atoms with Gasteiger partial charge in [0.2, 0.25) is 0 Å². The Morgan fingerprint density at radius 2 is 2.09 bits per heavy atom. The number of nitrogens with one attached hydrogen (secondary N) is 1. The van der Waals surface area contributed by atoms with E-state index in [9.17, 15) is 14.0 Å². The third-order valence-electron chi connectivity index (χ3n) is 6.41. The van der Waals surface area contributed by atoms with Gasteiger partial charge in [-0.15, -0.1) is 11.3 Å². The third kappa shape index (κ3) is 3.70. The molecule has 0 spiro atoms. The highest BCUT2D eigenvalue weighted by Crippen LogP contribution is 2.50. The van der Waals surface area contributed by atoms with E-state index in [1.54, 1.807) is 29.9 Å². The van der Waals surface area contributed by atoms with Crippen LogP contribution in [0.5, 0.6) is 0 Å². The average molecular weight is 454 g/mol. The number of nitrogens with zero attached hydrogens (tertiary/aromatic N) is 4. The van der Waals surface area contributed by atoms with Crippen molar-refractivity contribution in [2.24, 2.45) is 18.9 Å². The summed E-state index contributed by atoms with van der Waals surface area (Å²) in [6.45, 7) is 4.77. The Labute approximate surface area is 189 Å². The second-order valence-electron chi connectivity index (χ2n) is 8.61. The number of hydrogen-bond acceptors (Lipinski definition) is 5. The topological polar surface area (TPSA) is 80.1 Å². The fourth-order valence-corrected chi connectivity index (χ4v) is 5.47. The lowest BCUT2D eigenvalue weighted by atomic mass is 10.1. The van der Waals surface area contributed by atoms with E-state index in [0.29, 0.717) is 46.8 Å². The largest absolute Gasteiger partial charge is 0.349 e. The molecule has 5 rings (SSSR count). The molecule has 3 atom stereocenters. The summed E-state index contributed by atoms with van der Waals surface area (Å²) in [5, 5.41) is 7.94. The Balaban J connectivity index is 1.35. The zero-order valence-corrected chi connectivity index (χ0v) is 18.9. The summed E-state index contributed by atoms with van der Waals surface area (Å²) in [6, 6.07) is 7.91. The number of piperidine rings is 1. The highest BCUT2D eigenvalue weighted by molar-refractivity contribution is 7.15. The maximum atomic E-state index is 13.8. The minimum absolute atomic E-state index is 0.0800. The van der Waals surface area contributed by atoms with Crippen LogP contribution < -0.4 is 5.32 Å². The monoisotopic (exact) mass is 453 g/mol. The molecule has 1 aliphatic carbocycles. The molecule has 1 saturated heterocycles. The van der Waals surface area contributed by atoms with Crippen LogP contribution in [0.15, 0.2) is 30.3 Å². The molecule has 1 saturated carbocycles. The number of carbonyl (C=O) groups is 2. The molecule has 166 valence electrons. The lowest BCUT2D eigenvalue weighted by molar-refractivity contribution is 0.0690. The van der Waals surface area contributed by atoms with Gasteiger partial charge in [-0.1, -0.05) is 12.1 Å². The predicted octanol–water partition coefficient (Wildman–Crippen LogP) is 3.19. The second kappa shape index (κ2) is 7.81. The smallest absolute Gasteiger partial charge is 0.274 e. The van der Waals surface area contributed by atoms with Crippen LogP contribution in [0.4, 0.5) is 4.39 Å². The number of fused-ring (bicyclic) bond motifs is 1. The van der Waals surface area contributed by atoms with Crippen molar-refractivity contribution in [3.05, 3.63) is 58.2 Å². The zero-order valence-electron chi connectivity index (χ0n) is 18.1. The van der Waals surface area contributed by atoms with Gasteiger partial charge in [0.15, 0.2) is 0 Å². The summed E-state index contributed by atoms with van der Waals surface area (Å²) in [5.41, 5.74) is 2.28. The average Bonchev–Trinajstić information content (AvgIpc) is 3.08. The number of amides is 2. The van der Waals surface area contributed by atoms with Crippen molar-refractivity contribution in [2.45, 2.75) is 26.3 Å². The van der Waals surface area contributed by atoms with Gasteiger partial charge in [-0.2, -0.15) is 5.10 Å². The molecule has 2 aromatic heterocycles. The van der Waals surface area contributed by atoms with Gasteiger partial charge in [-0.3, -0.25) is 14.3 Å². The van der Waals surface area contributed by atoms with Gasteiger partial charge in [0, 0.05) is 25.8 Å². The fraction of sp³-hybridized carbons (Fsp3) is 0.391. The van der Waals surface area contributed by atoms with Crippen molar-refractivity contribution in [3.8, 4) is 10.4 Å². The van der Waals surface area contributed by atoms with Crippen molar-refractivity contribution < 1.29 is 14.0 Å². The van der Waals surface area contributed by atoms with Crippen molar-refractivity contribution in [2.75, 3.05) is 13.1 Å². The van der Waals surface area contributed by atoms with Crippen molar-refractivity contribution >= 4 is 23.2 Å². The minimum atomic E-state index is -0.347. The van der Waals surface area contributed by atoms with Gasteiger partial charge in [-0.25, -0.2) is 9.37 Å². The standard InChI is InChI=1S/C23H24FN5O2S/c1-12-7-18(27-28(12)3)22(30)25-10-19-17-9-15(17)11-29(19)23(31)20-21(32-13(2)26-20)14-5-4-6-16(24)8-14/h4-8,15,17,19H,9-11H2,1-3H3,(H,25,30)/t15-,17-,19-/m1/s1. The van der Waals surface area contributed by atoms with Crippen LogP contribution in [0.2, 0.25) is 0 Å². The van der Waals surface area contributed by atoms with Gasteiger partial charge in [0.25, 0.3) is 11.8 Å². The van der Waals surface area contributed by atoms with E-state index in [0.717, 1.165) is 17.1 Å². The number of halogens is 1. The first-order valence-electron chi connectivity index (χ1n) is 10.6. The highest BCUT2D eigenvalue weighted by atomic mass is 32.1. The minimum Gasteiger partial charge on any atom is -0.349 e. The molecule has 1 N–H and O–H groups in total. The first-order valence-corrected chi connectivity index (χ1v) is 11.5. The van der Waals surface area contributed by atoms with Gasteiger partial charge < -0.3 is 10.2 Å². The molecular weight excluding hydrogens is 429 g/mol. The predicted molar refractivity (Wildman–Crippen MR) is 119 cm³/mol. The number of rotatable bonds is 5. The maximum Gasteiger partial charge on any atom is 0.274 e. The molecule has 32 heavy (non-hydrogen) atoms. The molecule has 2 aliphatic rings. The summed E-state index contributed by atoms with van der Waals surface area (Å²) in [7, 11) is 1.80. The zero-order chi connectivity index (χ0) is 22.6. The molecule has 0 radical (unpaired) electrons. The van der Waals surface area contributed by atoms with Crippen LogP contribution in [0.3, 0.4) is 0 Å². The third-order valence-corrected chi connectivity index (χ3v) is 7.43. The molecule has 7 nitrogen and oxygen atoms in total. The van der Waals surface area contributed by atoms with Gasteiger partial charge in [0.1, 0.15) is 17.2 Å². The van der Waals surface area contributed by atoms with E-state index in [1.807, 2.05) is 18.7 Å². The number of aryl methyl sites for hydroxylation is 3. The van der Waals surface area contributed by atoms with Crippen molar-refractivity contribution in [1.29, 1.82) is 0 Å². The first-order chi connectivity index (χ1) is 15.3. The normalized spacial score (nSPS) is 21.5. The summed E-state index contributed by atoms with van der Waals surface area (Å²) in [5.74, 6) is 0.112. The van der Waals surface area contributed by atoms with Crippen LogP contribution >= 0.6 is 11.3 Å². The van der Waals surface area contributed by atoms with Crippen LogP contribution in [0.25, 0.3) is 10.4 Å². The molecule has 2 amide bonds. The van der Waals surface area contributed by atoms with Crippen molar-refractivity contribution in [3.63, 3.8) is 0 Å². The van der Waals surface area contributed by atoms with E-state index in [-0.39, 0.29) is 23.7 Å². The van der Waals surface area contributed by atoms with Crippen LogP contribution in [0.1, 0.15) is 38.1 Å².